The standard InChI is InChI=1S/C13H16N2O/c1-10-2-3-12-11(8-10)13(16-9-15-12)4-6-14-7-5-13/h2-3,8-9,14H,4-7H2,1H3. The molecule has 1 spiro atoms. The van der Waals surface area contributed by atoms with Crippen LogP contribution in [-0.2, 0) is 10.3 Å². The van der Waals surface area contributed by atoms with Crippen molar-refractivity contribution in [2.45, 2.75) is 25.4 Å². The molecule has 0 unspecified atom stereocenters. The Bertz CT molecular complexity index is 434. The zero-order chi connectivity index (χ0) is 11.0. The van der Waals surface area contributed by atoms with Crippen LogP contribution >= 0.6 is 0 Å². The van der Waals surface area contributed by atoms with E-state index in [1.807, 2.05) is 0 Å². The quantitative estimate of drug-likeness (QED) is 0.721. The molecule has 2 aliphatic rings. The van der Waals surface area contributed by atoms with Crippen molar-refractivity contribution >= 4 is 12.1 Å². The number of nitrogens with zero attached hydrogens (tertiary/aromatic N) is 1. The summed E-state index contributed by atoms with van der Waals surface area (Å²) in [5.41, 5.74) is 3.47. The Labute approximate surface area is 95.5 Å². The SMILES string of the molecule is Cc1ccc2c(c1)C1(CCNCC1)OC=N2. The number of aryl methyl sites for hydroxylation is 1. The number of hydrogen-bond donors (Lipinski definition) is 1. The summed E-state index contributed by atoms with van der Waals surface area (Å²) in [4.78, 5) is 4.32. The van der Waals surface area contributed by atoms with Gasteiger partial charge in [0.05, 0.1) is 5.69 Å². The molecule has 0 amide bonds. The van der Waals surface area contributed by atoms with E-state index in [0.717, 1.165) is 31.6 Å². The van der Waals surface area contributed by atoms with Gasteiger partial charge in [-0.15, -0.1) is 0 Å². The fraction of sp³-hybridized carbons (Fsp3) is 0.462. The molecule has 0 aromatic heterocycles. The van der Waals surface area contributed by atoms with Gasteiger partial charge < -0.3 is 10.1 Å². The summed E-state index contributed by atoms with van der Waals surface area (Å²) in [6.07, 6.45) is 3.66. The molecule has 0 bridgehead atoms. The molecule has 0 radical (unpaired) electrons. The van der Waals surface area contributed by atoms with E-state index in [2.05, 4.69) is 35.4 Å². The molecule has 3 rings (SSSR count). The molecule has 1 aromatic carbocycles. The van der Waals surface area contributed by atoms with E-state index < -0.39 is 0 Å². The second kappa shape index (κ2) is 3.59. The third-order valence-electron chi connectivity index (χ3n) is 3.52. The van der Waals surface area contributed by atoms with Crippen LogP contribution in [0.2, 0.25) is 0 Å². The van der Waals surface area contributed by atoms with Gasteiger partial charge in [-0.2, -0.15) is 0 Å². The number of fused-ring (bicyclic) bond motifs is 2. The third-order valence-corrected chi connectivity index (χ3v) is 3.52. The Balaban J connectivity index is 2.10. The van der Waals surface area contributed by atoms with E-state index >= 15 is 0 Å². The topological polar surface area (TPSA) is 33.6 Å². The Hall–Kier alpha value is -1.35. The average molecular weight is 216 g/mol. The van der Waals surface area contributed by atoms with E-state index in [4.69, 9.17) is 4.74 Å². The van der Waals surface area contributed by atoms with Crippen molar-refractivity contribution in [1.82, 2.24) is 5.32 Å². The van der Waals surface area contributed by atoms with Gasteiger partial charge in [-0.05, 0) is 32.1 Å². The molecular formula is C13H16N2O. The van der Waals surface area contributed by atoms with Gasteiger partial charge in [0.1, 0.15) is 5.60 Å². The van der Waals surface area contributed by atoms with Gasteiger partial charge in [-0.1, -0.05) is 11.6 Å². The molecular weight excluding hydrogens is 200 g/mol. The normalized spacial score (nSPS) is 21.6. The summed E-state index contributed by atoms with van der Waals surface area (Å²) in [6, 6.07) is 6.42. The first kappa shape index (κ1) is 9.85. The smallest absolute Gasteiger partial charge is 0.175 e. The van der Waals surface area contributed by atoms with Gasteiger partial charge in [0.25, 0.3) is 0 Å². The van der Waals surface area contributed by atoms with Crippen LogP contribution in [0.1, 0.15) is 24.0 Å². The Morgan fingerprint density at radius 2 is 2.12 bits per heavy atom. The largest absolute Gasteiger partial charge is 0.472 e. The van der Waals surface area contributed by atoms with Gasteiger partial charge >= 0.3 is 0 Å². The first-order valence-electron chi connectivity index (χ1n) is 5.82. The molecule has 0 saturated carbocycles. The van der Waals surface area contributed by atoms with Crippen molar-refractivity contribution in [3.63, 3.8) is 0 Å². The number of rotatable bonds is 0. The zero-order valence-corrected chi connectivity index (χ0v) is 9.49. The number of hydrogen-bond acceptors (Lipinski definition) is 3. The lowest BCUT2D eigenvalue weighted by atomic mass is 9.82. The van der Waals surface area contributed by atoms with Crippen LogP contribution < -0.4 is 5.32 Å². The third kappa shape index (κ3) is 1.43. The second-order valence-electron chi connectivity index (χ2n) is 4.62. The zero-order valence-electron chi connectivity index (χ0n) is 9.49. The minimum atomic E-state index is -0.131. The summed E-state index contributed by atoms with van der Waals surface area (Å²) < 4.78 is 5.86. The maximum atomic E-state index is 5.86. The molecule has 16 heavy (non-hydrogen) atoms. The highest BCUT2D eigenvalue weighted by atomic mass is 16.5. The lowest BCUT2D eigenvalue weighted by Crippen LogP contribution is -2.42. The number of aliphatic imine (C=N–C) groups is 1. The molecule has 0 aliphatic carbocycles. The number of nitrogens with one attached hydrogen (secondary N) is 1. The summed E-state index contributed by atoms with van der Waals surface area (Å²) in [6.45, 7) is 4.15. The predicted octanol–water partition coefficient (Wildman–Crippen LogP) is 2.26. The molecule has 3 heteroatoms. The van der Waals surface area contributed by atoms with Gasteiger partial charge in [0.2, 0.25) is 0 Å². The van der Waals surface area contributed by atoms with Crippen LogP contribution in [-0.4, -0.2) is 19.5 Å². The van der Waals surface area contributed by atoms with Crippen molar-refractivity contribution in [3.8, 4) is 0 Å². The van der Waals surface area contributed by atoms with E-state index in [1.165, 1.54) is 11.1 Å². The van der Waals surface area contributed by atoms with Gasteiger partial charge in [0, 0.05) is 18.4 Å². The van der Waals surface area contributed by atoms with E-state index in [0.29, 0.717) is 0 Å². The van der Waals surface area contributed by atoms with Gasteiger partial charge in [-0.3, -0.25) is 0 Å². The molecule has 1 aromatic rings. The minimum Gasteiger partial charge on any atom is -0.472 e. The lowest BCUT2D eigenvalue weighted by molar-refractivity contribution is 0.0250. The van der Waals surface area contributed by atoms with Crippen LogP contribution in [0.3, 0.4) is 0 Å². The number of benzene rings is 1. The van der Waals surface area contributed by atoms with Crippen LogP contribution in [0.4, 0.5) is 5.69 Å². The van der Waals surface area contributed by atoms with Crippen molar-refractivity contribution < 1.29 is 4.74 Å². The van der Waals surface area contributed by atoms with Crippen LogP contribution in [0, 0.1) is 6.92 Å². The van der Waals surface area contributed by atoms with Crippen LogP contribution in [0.15, 0.2) is 23.2 Å². The van der Waals surface area contributed by atoms with Crippen molar-refractivity contribution in [1.29, 1.82) is 0 Å². The molecule has 3 nitrogen and oxygen atoms in total. The van der Waals surface area contributed by atoms with E-state index in [1.54, 1.807) is 6.40 Å². The fourth-order valence-corrected chi connectivity index (χ4v) is 2.59. The molecule has 1 saturated heterocycles. The lowest BCUT2D eigenvalue weighted by Gasteiger charge is -2.39. The molecule has 1 N–H and O–H groups in total. The first-order valence-corrected chi connectivity index (χ1v) is 5.82. The minimum absolute atomic E-state index is 0.131. The van der Waals surface area contributed by atoms with Crippen molar-refractivity contribution in [2.75, 3.05) is 13.1 Å². The van der Waals surface area contributed by atoms with Crippen LogP contribution in [0.25, 0.3) is 0 Å². The Kier molecular flexibility index (Phi) is 2.21. The van der Waals surface area contributed by atoms with Crippen LogP contribution in [0.5, 0.6) is 0 Å². The highest BCUT2D eigenvalue weighted by molar-refractivity contribution is 5.65. The average Bonchev–Trinajstić information content (AvgIpc) is 2.32. The fourth-order valence-electron chi connectivity index (χ4n) is 2.59. The van der Waals surface area contributed by atoms with Gasteiger partial charge in [-0.25, -0.2) is 4.99 Å². The summed E-state index contributed by atoms with van der Waals surface area (Å²) in [7, 11) is 0. The van der Waals surface area contributed by atoms with Crippen molar-refractivity contribution in [3.05, 3.63) is 29.3 Å². The number of piperidine rings is 1. The summed E-state index contributed by atoms with van der Waals surface area (Å²) in [5, 5.41) is 3.38. The first-order chi connectivity index (χ1) is 7.80. The molecule has 2 aliphatic heterocycles. The molecule has 1 fully saturated rings. The van der Waals surface area contributed by atoms with E-state index in [-0.39, 0.29) is 5.60 Å². The molecule has 2 heterocycles. The molecule has 84 valence electrons. The maximum absolute atomic E-state index is 5.86. The van der Waals surface area contributed by atoms with Gasteiger partial charge in [0.15, 0.2) is 6.40 Å². The summed E-state index contributed by atoms with van der Waals surface area (Å²) in [5.74, 6) is 0. The second-order valence-corrected chi connectivity index (χ2v) is 4.62. The van der Waals surface area contributed by atoms with Crippen molar-refractivity contribution in [2.24, 2.45) is 4.99 Å². The molecule has 0 atom stereocenters. The highest BCUT2D eigenvalue weighted by Gasteiger charge is 2.38. The Morgan fingerprint density at radius 3 is 2.94 bits per heavy atom. The van der Waals surface area contributed by atoms with E-state index in [9.17, 15) is 0 Å². The highest BCUT2D eigenvalue weighted by Crippen LogP contribution is 2.42. The summed E-state index contributed by atoms with van der Waals surface area (Å²) >= 11 is 0. The Morgan fingerprint density at radius 1 is 1.31 bits per heavy atom. The number of ether oxygens (including phenoxy) is 1. The predicted molar refractivity (Wildman–Crippen MR) is 64.2 cm³/mol. The maximum Gasteiger partial charge on any atom is 0.175 e. The monoisotopic (exact) mass is 216 g/mol.